The van der Waals surface area contributed by atoms with Gasteiger partial charge in [0.2, 0.25) is 0 Å². The van der Waals surface area contributed by atoms with Crippen LogP contribution in [0.15, 0.2) is 23.4 Å². The lowest BCUT2D eigenvalue weighted by Gasteiger charge is -2.15. The van der Waals surface area contributed by atoms with Crippen LogP contribution in [0.4, 0.5) is 13.2 Å². The molecule has 0 unspecified atom stereocenters. The minimum Gasteiger partial charge on any atom is -0.491 e. The standard InChI is InChI=1S/C12H15F3N2O3/c1-2-19-5-6-20-10-4-3-8(11(16)17-18)7-9(10)12(13,14)15/h3-4,7,18H,2,5-6H2,1H3,(H2,16,17). The van der Waals surface area contributed by atoms with Crippen LogP contribution in [-0.2, 0) is 10.9 Å². The number of ether oxygens (including phenoxy) is 2. The van der Waals surface area contributed by atoms with Crippen molar-refractivity contribution < 1.29 is 27.9 Å². The fourth-order valence-electron chi connectivity index (χ4n) is 1.45. The molecule has 0 bridgehead atoms. The number of halogens is 3. The fourth-order valence-corrected chi connectivity index (χ4v) is 1.45. The monoisotopic (exact) mass is 292 g/mol. The first kappa shape index (κ1) is 16.1. The predicted molar refractivity (Wildman–Crippen MR) is 65.9 cm³/mol. The van der Waals surface area contributed by atoms with Crippen molar-refractivity contribution in [2.75, 3.05) is 19.8 Å². The number of hydrogen-bond donors (Lipinski definition) is 2. The third-order valence-electron chi connectivity index (χ3n) is 2.38. The van der Waals surface area contributed by atoms with E-state index in [4.69, 9.17) is 20.4 Å². The van der Waals surface area contributed by atoms with Crippen molar-refractivity contribution >= 4 is 5.84 Å². The quantitative estimate of drug-likeness (QED) is 0.277. The molecule has 1 aromatic rings. The molecule has 20 heavy (non-hydrogen) atoms. The van der Waals surface area contributed by atoms with Gasteiger partial charge in [0.05, 0.1) is 12.2 Å². The van der Waals surface area contributed by atoms with Gasteiger partial charge in [-0.2, -0.15) is 13.2 Å². The van der Waals surface area contributed by atoms with Gasteiger partial charge in [-0.3, -0.25) is 0 Å². The number of nitrogens with two attached hydrogens (primary N) is 1. The molecule has 0 saturated heterocycles. The van der Waals surface area contributed by atoms with Crippen LogP contribution in [0, 0.1) is 0 Å². The maximum atomic E-state index is 12.9. The van der Waals surface area contributed by atoms with Crippen LogP contribution in [0.3, 0.4) is 0 Å². The van der Waals surface area contributed by atoms with Crippen molar-refractivity contribution in [1.82, 2.24) is 0 Å². The van der Waals surface area contributed by atoms with E-state index in [0.29, 0.717) is 6.61 Å². The molecule has 0 radical (unpaired) electrons. The maximum Gasteiger partial charge on any atom is 0.419 e. The van der Waals surface area contributed by atoms with Crippen LogP contribution in [0.5, 0.6) is 5.75 Å². The van der Waals surface area contributed by atoms with Crippen molar-refractivity contribution in [2.45, 2.75) is 13.1 Å². The Morgan fingerprint density at radius 2 is 2.05 bits per heavy atom. The molecule has 5 nitrogen and oxygen atoms in total. The molecule has 0 fully saturated rings. The van der Waals surface area contributed by atoms with E-state index in [2.05, 4.69) is 5.16 Å². The number of alkyl halides is 3. The number of nitrogens with zero attached hydrogens (tertiary/aromatic N) is 1. The Balaban J connectivity index is 2.99. The molecule has 0 aromatic heterocycles. The molecular formula is C12H15F3N2O3. The lowest BCUT2D eigenvalue weighted by Crippen LogP contribution is -2.17. The summed E-state index contributed by atoms with van der Waals surface area (Å²) < 4.78 is 48.8. The normalized spacial score (nSPS) is 12.5. The van der Waals surface area contributed by atoms with E-state index in [-0.39, 0.29) is 24.5 Å². The molecule has 0 atom stereocenters. The minimum atomic E-state index is -4.60. The van der Waals surface area contributed by atoms with E-state index in [1.54, 1.807) is 6.92 Å². The molecule has 0 amide bonds. The van der Waals surface area contributed by atoms with E-state index in [1.807, 2.05) is 0 Å². The average Bonchev–Trinajstić information content (AvgIpc) is 2.41. The fraction of sp³-hybridized carbons (Fsp3) is 0.417. The van der Waals surface area contributed by atoms with E-state index >= 15 is 0 Å². The van der Waals surface area contributed by atoms with Gasteiger partial charge in [-0.15, -0.1) is 0 Å². The zero-order chi connectivity index (χ0) is 15.2. The summed E-state index contributed by atoms with van der Waals surface area (Å²) in [5, 5.41) is 11.1. The van der Waals surface area contributed by atoms with Gasteiger partial charge < -0.3 is 20.4 Å². The van der Waals surface area contributed by atoms with Crippen LogP contribution in [0.1, 0.15) is 18.1 Å². The minimum absolute atomic E-state index is 0.000161. The zero-order valence-electron chi connectivity index (χ0n) is 10.8. The molecule has 0 spiro atoms. The third-order valence-corrected chi connectivity index (χ3v) is 2.38. The Bertz CT molecular complexity index is 476. The van der Waals surface area contributed by atoms with Gasteiger partial charge in [0.1, 0.15) is 12.4 Å². The van der Waals surface area contributed by atoms with Crippen molar-refractivity contribution in [3.8, 4) is 5.75 Å². The molecule has 0 saturated carbocycles. The Morgan fingerprint density at radius 1 is 1.35 bits per heavy atom. The highest BCUT2D eigenvalue weighted by Gasteiger charge is 2.35. The summed E-state index contributed by atoms with van der Waals surface area (Å²) in [5.41, 5.74) is 4.24. The number of amidine groups is 1. The number of rotatable bonds is 6. The highest BCUT2D eigenvalue weighted by Crippen LogP contribution is 2.36. The van der Waals surface area contributed by atoms with E-state index < -0.39 is 17.6 Å². The van der Waals surface area contributed by atoms with Gasteiger partial charge in [0.25, 0.3) is 0 Å². The number of benzene rings is 1. The summed E-state index contributed by atoms with van der Waals surface area (Å²) in [6.45, 7) is 2.42. The number of oxime groups is 1. The molecule has 1 aromatic carbocycles. The van der Waals surface area contributed by atoms with Gasteiger partial charge in [-0.1, -0.05) is 5.16 Å². The molecular weight excluding hydrogens is 277 g/mol. The van der Waals surface area contributed by atoms with Crippen molar-refractivity contribution in [3.63, 3.8) is 0 Å². The Kier molecular flexibility index (Phi) is 5.63. The van der Waals surface area contributed by atoms with Crippen LogP contribution in [0.25, 0.3) is 0 Å². The molecule has 0 heterocycles. The second kappa shape index (κ2) is 6.99. The second-order valence-electron chi connectivity index (χ2n) is 3.74. The number of hydrogen-bond acceptors (Lipinski definition) is 4. The van der Waals surface area contributed by atoms with E-state index in [9.17, 15) is 13.2 Å². The summed E-state index contributed by atoms with van der Waals surface area (Å²) in [7, 11) is 0. The Labute approximate surface area is 113 Å². The van der Waals surface area contributed by atoms with Gasteiger partial charge in [-0.25, -0.2) is 0 Å². The van der Waals surface area contributed by atoms with Gasteiger partial charge >= 0.3 is 6.18 Å². The Hall–Kier alpha value is -1.96. The molecule has 1 rings (SSSR count). The highest BCUT2D eigenvalue weighted by molar-refractivity contribution is 5.97. The smallest absolute Gasteiger partial charge is 0.419 e. The van der Waals surface area contributed by atoms with Crippen LogP contribution < -0.4 is 10.5 Å². The molecule has 8 heteroatoms. The lowest BCUT2D eigenvalue weighted by molar-refractivity contribution is -0.139. The second-order valence-corrected chi connectivity index (χ2v) is 3.74. The lowest BCUT2D eigenvalue weighted by atomic mass is 10.1. The maximum absolute atomic E-state index is 12.9. The molecule has 0 aliphatic rings. The first-order valence-corrected chi connectivity index (χ1v) is 5.79. The SMILES string of the molecule is CCOCCOc1ccc(/C(N)=N/O)cc1C(F)(F)F. The van der Waals surface area contributed by atoms with E-state index in [1.165, 1.54) is 6.07 Å². The average molecular weight is 292 g/mol. The third kappa shape index (κ3) is 4.30. The van der Waals surface area contributed by atoms with Crippen molar-refractivity contribution in [3.05, 3.63) is 29.3 Å². The first-order chi connectivity index (χ1) is 9.40. The van der Waals surface area contributed by atoms with E-state index in [0.717, 1.165) is 12.1 Å². The van der Waals surface area contributed by atoms with Gasteiger partial charge in [0.15, 0.2) is 5.84 Å². The predicted octanol–water partition coefficient (Wildman–Crippen LogP) is 2.22. The molecule has 0 aliphatic heterocycles. The summed E-state index contributed by atoms with van der Waals surface area (Å²) >= 11 is 0. The zero-order valence-corrected chi connectivity index (χ0v) is 10.8. The Morgan fingerprint density at radius 3 is 2.60 bits per heavy atom. The molecule has 112 valence electrons. The summed E-state index contributed by atoms with van der Waals surface area (Å²) in [4.78, 5) is 0. The highest BCUT2D eigenvalue weighted by atomic mass is 19.4. The van der Waals surface area contributed by atoms with Crippen molar-refractivity contribution in [2.24, 2.45) is 10.9 Å². The molecule has 3 N–H and O–H groups in total. The van der Waals surface area contributed by atoms with Gasteiger partial charge in [-0.05, 0) is 25.1 Å². The summed E-state index contributed by atoms with van der Waals surface area (Å²) in [5.74, 6) is -0.733. The summed E-state index contributed by atoms with van der Waals surface area (Å²) in [6, 6.07) is 3.17. The summed E-state index contributed by atoms with van der Waals surface area (Å²) in [6.07, 6.45) is -4.60. The first-order valence-electron chi connectivity index (χ1n) is 5.79. The molecule has 0 aliphatic carbocycles. The van der Waals surface area contributed by atoms with Crippen LogP contribution in [-0.4, -0.2) is 30.9 Å². The van der Waals surface area contributed by atoms with Crippen LogP contribution in [0.2, 0.25) is 0 Å². The van der Waals surface area contributed by atoms with Gasteiger partial charge in [0, 0.05) is 12.2 Å². The largest absolute Gasteiger partial charge is 0.491 e. The van der Waals surface area contributed by atoms with Crippen molar-refractivity contribution in [1.29, 1.82) is 0 Å². The van der Waals surface area contributed by atoms with Crippen LogP contribution >= 0.6 is 0 Å². The topological polar surface area (TPSA) is 77.1 Å².